The number of carbonyl (C=O) groups is 1. The number of carbonyl (C=O) groups excluding carboxylic acids is 1. The van der Waals surface area contributed by atoms with Crippen LogP contribution in [0.1, 0.15) is 33.6 Å². The molecule has 0 heterocycles. The van der Waals surface area contributed by atoms with Gasteiger partial charge in [-0.25, -0.2) is 8.42 Å². The maximum atomic E-state index is 11.8. The highest BCUT2D eigenvalue weighted by Gasteiger charge is 2.24. The number of nitrogens with zero attached hydrogens (tertiary/aromatic N) is 2. The van der Waals surface area contributed by atoms with Gasteiger partial charge in [0.15, 0.2) is 0 Å². The molecule has 6 heteroatoms. The Labute approximate surface area is 105 Å². The van der Waals surface area contributed by atoms with Crippen LogP contribution in [0.25, 0.3) is 0 Å². The van der Waals surface area contributed by atoms with Crippen LogP contribution < -0.4 is 0 Å². The zero-order valence-corrected chi connectivity index (χ0v) is 12.2. The number of likely N-dealkylation sites (N-methyl/N-ethyl adjacent to an activating group) is 1. The lowest BCUT2D eigenvalue weighted by Crippen LogP contribution is -2.44. The van der Waals surface area contributed by atoms with E-state index in [0.717, 1.165) is 19.1 Å². The first-order chi connectivity index (χ1) is 7.70. The van der Waals surface area contributed by atoms with Gasteiger partial charge in [0.2, 0.25) is 15.9 Å². The van der Waals surface area contributed by atoms with E-state index in [9.17, 15) is 13.2 Å². The fourth-order valence-corrected chi connectivity index (χ4v) is 2.57. The van der Waals surface area contributed by atoms with Gasteiger partial charge in [-0.05, 0) is 20.3 Å². The van der Waals surface area contributed by atoms with Crippen LogP contribution in [-0.2, 0) is 14.8 Å². The van der Waals surface area contributed by atoms with Crippen molar-refractivity contribution >= 4 is 15.9 Å². The summed E-state index contributed by atoms with van der Waals surface area (Å²) in [6.07, 6.45) is 3.08. The summed E-state index contributed by atoms with van der Waals surface area (Å²) < 4.78 is 24.2. The molecule has 0 radical (unpaired) electrons. The molecule has 0 aliphatic rings. The summed E-state index contributed by atoms with van der Waals surface area (Å²) in [5, 5.41) is 0. The zero-order chi connectivity index (χ0) is 13.6. The third kappa shape index (κ3) is 6.02. The van der Waals surface area contributed by atoms with Crippen molar-refractivity contribution in [1.82, 2.24) is 9.21 Å². The average molecular weight is 264 g/mol. The van der Waals surface area contributed by atoms with E-state index < -0.39 is 10.0 Å². The molecule has 0 unspecified atom stereocenters. The summed E-state index contributed by atoms with van der Waals surface area (Å²) in [6.45, 7) is 6.18. The molecule has 0 aliphatic heterocycles. The van der Waals surface area contributed by atoms with Gasteiger partial charge in [-0.3, -0.25) is 4.79 Å². The van der Waals surface area contributed by atoms with Crippen molar-refractivity contribution in [3.8, 4) is 0 Å². The summed E-state index contributed by atoms with van der Waals surface area (Å²) in [5.41, 5.74) is 0. The summed E-state index contributed by atoms with van der Waals surface area (Å²) in [4.78, 5) is 13.4. The molecule has 0 rings (SSSR count). The minimum absolute atomic E-state index is 0.0727. The third-order valence-electron chi connectivity index (χ3n) is 2.57. The van der Waals surface area contributed by atoms with E-state index in [4.69, 9.17) is 0 Å². The fraction of sp³-hybridized carbons (Fsp3) is 0.909. The molecule has 0 atom stereocenters. The summed E-state index contributed by atoms with van der Waals surface area (Å²) in [5.74, 6) is -0.155. The highest BCUT2D eigenvalue weighted by Crippen LogP contribution is 2.06. The molecule has 0 saturated carbocycles. The monoisotopic (exact) mass is 264 g/mol. The molecule has 0 saturated heterocycles. The first-order valence-electron chi connectivity index (χ1n) is 5.91. The lowest BCUT2D eigenvalue weighted by Gasteiger charge is -2.26. The highest BCUT2D eigenvalue weighted by atomic mass is 32.2. The number of hydrogen-bond donors (Lipinski definition) is 0. The van der Waals surface area contributed by atoms with Gasteiger partial charge in [-0.1, -0.05) is 13.3 Å². The number of amides is 1. The normalized spacial score (nSPS) is 12.2. The summed E-state index contributed by atoms with van der Waals surface area (Å²) in [7, 11) is -1.62. The first kappa shape index (κ1) is 16.4. The second-order valence-corrected chi connectivity index (χ2v) is 6.51. The Bertz CT molecular complexity index is 339. The fourth-order valence-electron chi connectivity index (χ4n) is 1.46. The molecule has 0 bridgehead atoms. The van der Waals surface area contributed by atoms with E-state index in [1.165, 1.54) is 4.31 Å². The van der Waals surface area contributed by atoms with Gasteiger partial charge in [-0.2, -0.15) is 4.31 Å². The van der Waals surface area contributed by atoms with Crippen molar-refractivity contribution < 1.29 is 13.2 Å². The van der Waals surface area contributed by atoms with Crippen LogP contribution in [0.4, 0.5) is 0 Å². The first-order valence-corrected chi connectivity index (χ1v) is 7.75. The molecule has 1 amide bonds. The Balaban J connectivity index is 4.52. The van der Waals surface area contributed by atoms with E-state index in [0.29, 0.717) is 6.54 Å². The van der Waals surface area contributed by atoms with Crippen molar-refractivity contribution in [2.75, 3.05) is 26.4 Å². The maximum Gasteiger partial charge on any atom is 0.237 e. The number of hydrogen-bond acceptors (Lipinski definition) is 3. The van der Waals surface area contributed by atoms with E-state index >= 15 is 0 Å². The molecule has 0 N–H and O–H groups in total. The summed E-state index contributed by atoms with van der Waals surface area (Å²) >= 11 is 0. The highest BCUT2D eigenvalue weighted by molar-refractivity contribution is 7.88. The van der Waals surface area contributed by atoms with Crippen LogP contribution in [0.15, 0.2) is 0 Å². The lowest BCUT2D eigenvalue weighted by molar-refractivity contribution is -0.130. The van der Waals surface area contributed by atoms with Gasteiger partial charge in [0.1, 0.15) is 0 Å². The Hall–Kier alpha value is -0.620. The average Bonchev–Trinajstić information content (AvgIpc) is 2.19. The molecule has 0 aromatic carbocycles. The smallest absolute Gasteiger partial charge is 0.237 e. The Morgan fingerprint density at radius 2 is 1.82 bits per heavy atom. The van der Waals surface area contributed by atoms with Gasteiger partial charge in [0, 0.05) is 19.6 Å². The third-order valence-corrected chi connectivity index (χ3v) is 3.97. The van der Waals surface area contributed by atoms with Crippen molar-refractivity contribution in [1.29, 1.82) is 0 Å². The molecule has 5 nitrogen and oxygen atoms in total. The largest absolute Gasteiger partial charge is 0.345 e. The van der Waals surface area contributed by atoms with Crippen LogP contribution in [0, 0.1) is 0 Å². The molecule has 17 heavy (non-hydrogen) atoms. The van der Waals surface area contributed by atoms with Gasteiger partial charge < -0.3 is 4.90 Å². The van der Waals surface area contributed by atoms with Crippen molar-refractivity contribution in [3.05, 3.63) is 0 Å². The van der Waals surface area contributed by atoms with Gasteiger partial charge in [0.25, 0.3) is 0 Å². The van der Waals surface area contributed by atoms with Gasteiger partial charge in [-0.15, -0.1) is 0 Å². The number of unbranched alkanes of at least 4 members (excludes halogenated alkanes) is 1. The SMILES string of the molecule is CCCCN(C)C(=O)CN(C(C)C)S(C)(=O)=O. The molecule has 0 aromatic rings. The zero-order valence-electron chi connectivity index (χ0n) is 11.4. The predicted molar refractivity (Wildman–Crippen MR) is 69.2 cm³/mol. The summed E-state index contributed by atoms with van der Waals surface area (Å²) in [6, 6.07) is -0.200. The van der Waals surface area contributed by atoms with E-state index in [1.54, 1.807) is 25.8 Å². The van der Waals surface area contributed by atoms with Crippen LogP contribution in [-0.4, -0.2) is 56.0 Å². The maximum absolute atomic E-state index is 11.8. The lowest BCUT2D eigenvalue weighted by atomic mass is 10.3. The van der Waals surface area contributed by atoms with E-state index in [-0.39, 0.29) is 18.5 Å². The molecule has 102 valence electrons. The minimum Gasteiger partial charge on any atom is -0.345 e. The predicted octanol–water partition coefficient (Wildman–Crippen LogP) is 0.915. The van der Waals surface area contributed by atoms with E-state index in [1.807, 2.05) is 0 Å². The van der Waals surface area contributed by atoms with Crippen molar-refractivity contribution in [2.45, 2.75) is 39.7 Å². The van der Waals surface area contributed by atoms with Crippen molar-refractivity contribution in [3.63, 3.8) is 0 Å². The second kappa shape index (κ2) is 6.96. The second-order valence-electron chi connectivity index (χ2n) is 4.57. The molecular weight excluding hydrogens is 240 g/mol. The molecule has 0 aromatic heterocycles. The molecule has 0 spiro atoms. The Morgan fingerprint density at radius 1 is 1.29 bits per heavy atom. The molecule has 0 aliphatic carbocycles. The van der Waals surface area contributed by atoms with Gasteiger partial charge >= 0.3 is 0 Å². The van der Waals surface area contributed by atoms with Gasteiger partial charge in [0.05, 0.1) is 12.8 Å². The van der Waals surface area contributed by atoms with Crippen LogP contribution >= 0.6 is 0 Å². The standard InChI is InChI=1S/C11H24N2O3S/c1-6-7-8-12(4)11(14)9-13(10(2)3)17(5,15)16/h10H,6-9H2,1-5H3. The number of rotatable bonds is 7. The quantitative estimate of drug-likeness (QED) is 0.687. The van der Waals surface area contributed by atoms with E-state index in [2.05, 4.69) is 6.92 Å². The Morgan fingerprint density at radius 3 is 2.18 bits per heavy atom. The molecular formula is C11H24N2O3S. The topological polar surface area (TPSA) is 57.7 Å². The molecule has 0 fully saturated rings. The number of sulfonamides is 1. The van der Waals surface area contributed by atoms with Crippen molar-refractivity contribution in [2.24, 2.45) is 0 Å². The van der Waals surface area contributed by atoms with Crippen LogP contribution in [0.3, 0.4) is 0 Å². The minimum atomic E-state index is -3.33. The Kier molecular flexibility index (Phi) is 6.70. The van der Waals surface area contributed by atoms with Crippen LogP contribution in [0.5, 0.6) is 0 Å². The van der Waals surface area contributed by atoms with Crippen LogP contribution in [0.2, 0.25) is 0 Å².